The first-order chi connectivity index (χ1) is 11.8. The predicted octanol–water partition coefficient (Wildman–Crippen LogP) is 4.07. The number of aromatic nitrogens is 5. The summed E-state index contributed by atoms with van der Waals surface area (Å²) >= 11 is 1.60. The molecule has 0 saturated heterocycles. The highest BCUT2D eigenvalue weighted by molar-refractivity contribution is 7.13. The number of hydrogen-bond acceptors (Lipinski definition) is 5. The third-order valence-electron chi connectivity index (χ3n) is 3.88. The Hall–Kier alpha value is -2.86. The normalized spacial score (nSPS) is 12.2. The lowest BCUT2D eigenvalue weighted by molar-refractivity contribution is 0.624. The lowest BCUT2D eigenvalue weighted by atomic mass is 10.2. The van der Waals surface area contributed by atoms with Gasteiger partial charge in [0.2, 0.25) is 0 Å². The van der Waals surface area contributed by atoms with Crippen LogP contribution in [0.3, 0.4) is 0 Å². The minimum atomic E-state index is 0.0644. The Morgan fingerprint density at radius 3 is 2.71 bits per heavy atom. The van der Waals surface area contributed by atoms with Crippen LogP contribution in [0.25, 0.3) is 22.1 Å². The highest BCUT2D eigenvalue weighted by Crippen LogP contribution is 2.30. The summed E-state index contributed by atoms with van der Waals surface area (Å²) in [6, 6.07) is 12.2. The molecular formula is C18H15N5S. The van der Waals surface area contributed by atoms with Crippen molar-refractivity contribution in [1.29, 1.82) is 0 Å². The molecule has 0 aliphatic carbocycles. The molecule has 6 heteroatoms. The number of nitrogens with zero attached hydrogens (tertiary/aromatic N) is 5. The van der Waals surface area contributed by atoms with Crippen LogP contribution in [0.15, 0.2) is 66.7 Å². The van der Waals surface area contributed by atoms with E-state index in [1.54, 1.807) is 30.1 Å². The largest absolute Gasteiger partial charge is 0.320 e. The van der Waals surface area contributed by atoms with Gasteiger partial charge < -0.3 is 4.57 Å². The molecular weight excluding hydrogens is 318 g/mol. The van der Waals surface area contributed by atoms with Crippen LogP contribution in [0.4, 0.5) is 0 Å². The van der Waals surface area contributed by atoms with Gasteiger partial charge in [0, 0.05) is 29.5 Å². The minimum Gasteiger partial charge on any atom is -0.320 e. The van der Waals surface area contributed by atoms with Crippen molar-refractivity contribution < 1.29 is 0 Å². The van der Waals surface area contributed by atoms with E-state index in [4.69, 9.17) is 4.98 Å². The third kappa shape index (κ3) is 2.72. The topological polar surface area (TPSA) is 56.5 Å². The van der Waals surface area contributed by atoms with E-state index < -0.39 is 0 Å². The molecule has 0 spiro atoms. The maximum Gasteiger partial charge on any atom is 0.169 e. The second kappa shape index (κ2) is 6.33. The fourth-order valence-electron chi connectivity index (χ4n) is 2.60. The highest BCUT2D eigenvalue weighted by atomic mass is 32.1. The van der Waals surface area contributed by atoms with Gasteiger partial charge in [0.1, 0.15) is 6.33 Å². The average molecular weight is 333 g/mol. The summed E-state index contributed by atoms with van der Waals surface area (Å²) in [5.41, 5.74) is 3.03. The molecule has 5 nitrogen and oxygen atoms in total. The van der Waals surface area contributed by atoms with Crippen LogP contribution < -0.4 is 0 Å². The van der Waals surface area contributed by atoms with Gasteiger partial charge in [0.25, 0.3) is 0 Å². The van der Waals surface area contributed by atoms with Crippen LogP contribution in [0.2, 0.25) is 0 Å². The van der Waals surface area contributed by atoms with Gasteiger partial charge in [-0.05, 0) is 13.0 Å². The fraction of sp³-hybridized carbons (Fsp3) is 0.111. The van der Waals surface area contributed by atoms with Gasteiger partial charge in [-0.2, -0.15) is 0 Å². The van der Waals surface area contributed by atoms with Crippen molar-refractivity contribution >= 4 is 11.3 Å². The van der Waals surface area contributed by atoms with Crippen molar-refractivity contribution in [2.24, 2.45) is 0 Å². The molecule has 0 amide bonds. The summed E-state index contributed by atoms with van der Waals surface area (Å²) in [4.78, 5) is 17.6. The van der Waals surface area contributed by atoms with Crippen molar-refractivity contribution in [3.63, 3.8) is 0 Å². The lowest BCUT2D eigenvalue weighted by Crippen LogP contribution is -2.09. The van der Waals surface area contributed by atoms with Crippen LogP contribution >= 0.6 is 11.3 Å². The molecule has 0 bridgehead atoms. The molecule has 4 rings (SSSR count). The first-order valence-corrected chi connectivity index (χ1v) is 8.51. The van der Waals surface area contributed by atoms with Crippen molar-refractivity contribution in [3.05, 3.63) is 72.4 Å². The first kappa shape index (κ1) is 14.7. The minimum absolute atomic E-state index is 0.0644. The van der Waals surface area contributed by atoms with Crippen LogP contribution in [0.1, 0.15) is 18.7 Å². The standard InChI is InChI=1S/C18H15N5S/c1-13(15-7-8-19-12-21-15)23-10-9-20-17(23)18-22-16(11-24-18)14-5-3-2-4-6-14/h2-13H,1H3. The number of hydrogen-bond donors (Lipinski definition) is 0. The molecule has 4 aromatic rings. The van der Waals surface area contributed by atoms with Gasteiger partial charge in [0.15, 0.2) is 10.8 Å². The van der Waals surface area contributed by atoms with E-state index in [0.29, 0.717) is 0 Å². The number of benzene rings is 1. The Kier molecular flexibility index (Phi) is 3.88. The number of rotatable bonds is 4. The van der Waals surface area contributed by atoms with Crippen molar-refractivity contribution in [2.45, 2.75) is 13.0 Å². The molecule has 0 radical (unpaired) electrons. The summed E-state index contributed by atoms with van der Waals surface area (Å²) in [7, 11) is 0. The quantitative estimate of drug-likeness (QED) is 0.565. The van der Waals surface area contributed by atoms with Crippen molar-refractivity contribution in [3.8, 4) is 22.1 Å². The zero-order chi connectivity index (χ0) is 16.4. The zero-order valence-corrected chi connectivity index (χ0v) is 13.9. The Labute approximate surface area is 143 Å². The SMILES string of the molecule is CC(c1ccncn1)n1ccnc1-c1nc(-c2ccccc2)cs1. The molecule has 0 saturated carbocycles. The molecule has 1 atom stereocenters. The zero-order valence-electron chi connectivity index (χ0n) is 13.1. The summed E-state index contributed by atoms with van der Waals surface area (Å²) < 4.78 is 2.09. The molecule has 0 aliphatic rings. The Morgan fingerprint density at radius 2 is 1.92 bits per heavy atom. The van der Waals surface area contributed by atoms with Gasteiger partial charge in [-0.15, -0.1) is 11.3 Å². The van der Waals surface area contributed by atoms with E-state index in [2.05, 4.69) is 44.0 Å². The molecule has 3 heterocycles. The Morgan fingerprint density at radius 1 is 1.04 bits per heavy atom. The van der Waals surface area contributed by atoms with E-state index in [1.807, 2.05) is 30.5 Å². The van der Waals surface area contributed by atoms with Crippen LogP contribution in [-0.4, -0.2) is 24.5 Å². The fourth-order valence-corrected chi connectivity index (χ4v) is 3.43. The van der Waals surface area contributed by atoms with Gasteiger partial charge in [-0.3, -0.25) is 0 Å². The van der Waals surface area contributed by atoms with Crippen LogP contribution in [0, 0.1) is 0 Å². The first-order valence-electron chi connectivity index (χ1n) is 7.63. The molecule has 0 N–H and O–H groups in total. The van der Waals surface area contributed by atoms with E-state index in [0.717, 1.165) is 27.8 Å². The maximum atomic E-state index is 4.76. The number of imidazole rings is 1. The van der Waals surface area contributed by atoms with Gasteiger partial charge >= 0.3 is 0 Å². The summed E-state index contributed by atoms with van der Waals surface area (Å²) in [5, 5.41) is 2.97. The van der Waals surface area contributed by atoms with E-state index in [9.17, 15) is 0 Å². The van der Waals surface area contributed by atoms with Crippen molar-refractivity contribution in [2.75, 3.05) is 0 Å². The molecule has 24 heavy (non-hydrogen) atoms. The second-order valence-electron chi connectivity index (χ2n) is 5.37. The molecule has 0 fully saturated rings. The van der Waals surface area contributed by atoms with Gasteiger partial charge in [0.05, 0.1) is 17.4 Å². The van der Waals surface area contributed by atoms with Gasteiger partial charge in [-0.1, -0.05) is 30.3 Å². The number of thiazole rings is 1. The second-order valence-corrected chi connectivity index (χ2v) is 6.23. The van der Waals surface area contributed by atoms with E-state index >= 15 is 0 Å². The third-order valence-corrected chi connectivity index (χ3v) is 4.72. The Balaban J connectivity index is 1.70. The van der Waals surface area contributed by atoms with Gasteiger partial charge in [-0.25, -0.2) is 19.9 Å². The van der Waals surface area contributed by atoms with E-state index in [1.165, 1.54) is 0 Å². The monoisotopic (exact) mass is 333 g/mol. The average Bonchev–Trinajstić information content (AvgIpc) is 3.32. The summed E-state index contributed by atoms with van der Waals surface area (Å²) in [6.07, 6.45) is 7.09. The smallest absolute Gasteiger partial charge is 0.169 e. The van der Waals surface area contributed by atoms with Crippen LogP contribution in [0.5, 0.6) is 0 Å². The maximum absolute atomic E-state index is 4.76. The Bertz CT molecular complexity index is 930. The molecule has 0 aliphatic heterocycles. The lowest BCUT2D eigenvalue weighted by Gasteiger charge is -2.14. The predicted molar refractivity (Wildman–Crippen MR) is 94.6 cm³/mol. The van der Waals surface area contributed by atoms with Crippen LogP contribution in [-0.2, 0) is 0 Å². The molecule has 118 valence electrons. The molecule has 3 aromatic heterocycles. The summed E-state index contributed by atoms with van der Waals surface area (Å²) in [5.74, 6) is 0.855. The molecule has 1 unspecified atom stereocenters. The summed E-state index contributed by atoms with van der Waals surface area (Å²) in [6.45, 7) is 2.10. The van der Waals surface area contributed by atoms with E-state index in [-0.39, 0.29) is 6.04 Å². The van der Waals surface area contributed by atoms with Crippen molar-refractivity contribution in [1.82, 2.24) is 24.5 Å². The molecule has 1 aromatic carbocycles. The highest BCUT2D eigenvalue weighted by Gasteiger charge is 2.17.